The molecule has 19 heavy (non-hydrogen) atoms. The maximum atomic E-state index is 4.50. The van der Waals surface area contributed by atoms with Crippen LogP contribution in [0.25, 0.3) is 10.9 Å². The van der Waals surface area contributed by atoms with Crippen molar-refractivity contribution in [3.8, 4) is 0 Å². The summed E-state index contributed by atoms with van der Waals surface area (Å²) >= 11 is 0. The summed E-state index contributed by atoms with van der Waals surface area (Å²) in [7, 11) is 0. The first-order valence-corrected chi connectivity index (χ1v) is 6.28. The Bertz CT molecular complexity index is 735. The summed E-state index contributed by atoms with van der Waals surface area (Å²) < 4.78 is 0. The van der Waals surface area contributed by atoms with Crippen LogP contribution in [0.3, 0.4) is 0 Å². The number of nitrogens with zero attached hydrogens (tertiary/aromatic N) is 2. The van der Waals surface area contributed by atoms with Gasteiger partial charge >= 0.3 is 0 Å². The molecule has 0 aliphatic carbocycles. The molecule has 1 N–H and O–H groups in total. The Morgan fingerprint density at radius 1 is 0.947 bits per heavy atom. The fourth-order valence-corrected chi connectivity index (χ4v) is 1.98. The third kappa shape index (κ3) is 2.40. The highest BCUT2D eigenvalue weighted by Gasteiger charge is 2.01. The van der Waals surface area contributed by atoms with Gasteiger partial charge in [0.15, 0.2) is 0 Å². The van der Waals surface area contributed by atoms with E-state index in [1.54, 1.807) is 0 Å². The lowest BCUT2D eigenvalue weighted by molar-refractivity contribution is 1.21. The summed E-state index contributed by atoms with van der Waals surface area (Å²) in [6.45, 7) is 4.20. The fraction of sp³-hybridized carbons (Fsp3) is 0.125. The second-order valence-electron chi connectivity index (χ2n) is 4.68. The van der Waals surface area contributed by atoms with E-state index in [2.05, 4.69) is 41.3 Å². The average molecular weight is 249 g/mol. The standard InChI is InChI=1S/C16H15N3/c1-11-7-8-14(9-12(11)2)18-16-17-10-13-5-3-4-6-15(13)19-16/h3-10H,1-2H3,(H,17,18,19). The molecule has 3 heteroatoms. The lowest BCUT2D eigenvalue weighted by Gasteiger charge is -2.07. The molecule has 2 aromatic carbocycles. The molecule has 0 aliphatic heterocycles. The molecule has 3 nitrogen and oxygen atoms in total. The molecule has 1 aromatic heterocycles. The number of benzene rings is 2. The minimum Gasteiger partial charge on any atom is -0.324 e. The van der Waals surface area contributed by atoms with Gasteiger partial charge in [0.05, 0.1) is 5.52 Å². The maximum Gasteiger partial charge on any atom is 0.227 e. The van der Waals surface area contributed by atoms with E-state index in [0.29, 0.717) is 5.95 Å². The van der Waals surface area contributed by atoms with Gasteiger partial charge in [-0.3, -0.25) is 0 Å². The van der Waals surface area contributed by atoms with Gasteiger partial charge in [-0.05, 0) is 43.2 Å². The lowest BCUT2D eigenvalue weighted by atomic mass is 10.1. The van der Waals surface area contributed by atoms with E-state index in [9.17, 15) is 0 Å². The largest absolute Gasteiger partial charge is 0.324 e. The van der Waals surface area contributed by atoms with Crippen LogP contribution in [-0.2, 0) is 0 Å². The zero-order chi connectivity index (χ0) is 13.2. The van der Waals surface area contributed by atoms with Crippen molar-refractivity contribution in [2.24, 2.45) is 0 Å². The lowest BCUT2D eigenvalue weighted by Crippen LogP contribution is -1.97. The molecule has 0 fully saturated rings. The van der Waals surface area contributed by atoms with Gasteiger partial charge in [-0.25, -0.2) is 9.97 Å². The van der Waals surface area contributed by atoms with Crippen molar-refractivity contribution in [1.29, 1.82) is 0 Å². The van der Waals surface area contributed by atoms with Gasteiger partial charge in [0, 0.05) is 17.3 Å². The number of para-hydroxylation sites is 1. The third-order valence-corrected chi connectivity index (χ3v) is 3.25. The van der Waals surface area contributed by atoms with E-state index in [-0.39, 0.29) is 0 Å². The first kappa shape index (κ1) is 11.7. The van der Waals surface area contributed by atoms with Crippen molar-refractivity contribution in [1.82, 2.24) is 9.97 Å². The molecule has 3 rings (SSSR count). The fourth-order valence-electron chi connectivity index (χ4n) is 1.98. The molecular weight excluding hydrogens is 234 g/mol. The Morgan fingerprint density at radius 2 is 1.79 bits per heavy atom. The molecule has 0 spiro atoms. The molecule has 94 valence electrons. The van der Waals surface area contributed by atoms with Crippen molar-refractivity contribution in [2.45, 2.75) is 13.8 Å². The molecule has 0 radical (unpaired) electrons. The number of nitrogens with one attached hydrogen (secondary N) is 1. The number of fused-ring (bicyclic) bond motifs is 1. The van der Waals surface area contributed by atoms with Crippen LogP contribution in [0, 0.1) is 13.8 Å². The third-order valence-electron chi connectivity index (χ3n) is 3.25. The minimum atomic E-state index is 0.627. The normalized spacial score (nSPS) is 10.6. The summed E-state index contributed by atoms with van der Waals surface area (Å²) in [5.74, 6) is 0.627. The van der Waals surface area contributed by atoms with Crippen molar-refractivity contribution < 1.29 is 0 Å². The van der Waals surface area contributed by atoms with Crippen molar-refractivity contribution >= 4 is 22.5 Å². The Morgan fingerprint density at radius 3 is 2.63 bits per heavy atom. The molecule has 0 atom stereocenters. The highest BCUT2D eigenvalue weighted by atomic mass is 15.1. The molecule has 0 saturated carbocycles. The Labute approximate surface area is 112 Å². The van der Waals surface area contributed by atoms with E-state index in [1.807, 2.05) is 36.5 Å². The number of hydrogen-bond acceptors (Lipinski definition) is 3. The number of anilines is 2. The van der Waals surface area contributed by atoms with Crippen LogP contribution < -0.4 is 5.32 Å². The first-order valence-electron chi connectivity index (χ1n) is 6.28. The van der Waals surface area contributed by atoms with Crippen molar-refractivity contribution in [2.75, 3.05) is 5.32 Å². The SMILES string of the molecule is Cc1ccc(Nc2ncc3ccccc3n2)cc1C. The van der Waals surface area contributed by atoms with Crippen LogP contribution in [0.5, 0.6) is 0 Å². The smallest absolute Gasteiger partial charge is 0.227 e. The van der Waals surface area contributed by atoms with Gasteiger partial charge in [0.25, 0.3) is 0 Å². The van der Waals surface area contributed by atoms with Gasteiger partial charge in [0.2, 0.25) is 5.95 Å². The van der Waals surface area contributed by atoms with Gasteiger partial charge in [-0.15, -0.1) is 0 Å². The van der Waals surface area contributed by atoms with Gasteiger partial charge in [-0.1, -0.05) is 24.3 Å². The molecule has 0 amide bonds. The van der Waals surface area contributed by atoms with Crippen molar-refractivity contribution in [3.05, 3.63) is 59.8 Å². The van der Waals surface area contributed by atoms with Gasteiger partial charge in [0.1, 0.15) is 0 Å². The van der Waals surface area contributed by atoms with E-state index in [1.165, 1.54) is 11.1 Å². The van der Waals surface area contributed by atoms with Crippen LogP contribution in [0.15, 0.2) is 48.7 Å². The average Bonchev–Trinajstić information content (AvgIpc) is 2.43. The van der Waals surface area contributed by atoms with Crippen LogP contribution in [0.2, 0.25) is 0 Å². The van der Waals surface area contributed by atoms with E-state index in [0.717, 1.165) is 16.6 Å². The molecule has 0 saturated heterocycles. The van der Waals surface area contributed by atoms with E-state index < -0.39 is 0 Å². The highest BCUT2D eigenvalue weighted by Crippen LogP contribution is 2.18. The Kier molecular flexibility index (Phi) is 2.88. The summed E-state index contributed by atoms with van der Waals surface area (Å²) in [6, 6.07) is 14.2. The molecule has 1 heterocycles. The summed E-state index contributed by atoms with van der Waals surface area (Å²) in [5, 5.41) is 4.29. The van der Waals surface area contributed by atoms with Crippen molar-refractivity contribution in [3.63, 3.8) is 0 Å². The predicted octanol–water partition coefficient (Wildman–Crippen LogP) is 3.99. The highest BCUT2D eigenvalue weighted by molar-refractivity contribution is 5.78. The van der Waals surface area contributed by atoms with Gasteiger partial charge in [-0.2, -0.15) is 0 Å². The molecule has 3 aromatic rings. The Hall–Kier alpha value is -2.42. The molecular formula is C16H15N3. The molecule has 0 aliphatic rings. The van der Waals surface area contributed by atoms with E-state index in [4.69, 9.17) is 0 Å². The van der Waals surface area contributed by atoms with Crippen LogP contribution >= 0.6 is 0 Å². The van der Waals surface area contributed by atoms with Crippen LogP contribution in [0.4, 0.5) is 11.6 Å². The second-order valence-corrected chi connectivity index (χ2v) is 4.68. The summed E-state index contributed by atoms with van der Waals surface area (Å²) in [4.78, 5) is 8.83. The number of aromatic nitrogens is 2. The van der Waals surface area contributed by atoms with Crippen LogP contribution in [-0.4, -0.2) is 9.97 Å². The number of aryl methyl sites for hydroxylation is 2. The zero-order valence-electron chi connectivity index (χ0n) is 11.0. The Balaban J connectivity index is 1.94. The second kappa shape index (κ2) is 4.69. The maximum absolute atomic E-state index is 4.50. The number of rotatable bonds is 2. The van der Waals surface area contributed by atoms with E-state index >= 15 is 0 Å². The number of hydrogen-bond donors (Lipinski definition) is 1. The molecule has 0 bridgehead atoms. The first-order chi connectivity index (χ1) is 9.22. The zero-order valence-corrected chi connectivity index (χ0v) is 11.0. The summed E-state index contributed by atoms with van der Waals surface area (Å²) in [6.07, 6.45) is 1.84. The summed E-state index contributed by atoms with van der Waals surface area (Å²) in [5.41, 5.74) is 4.50. The monoisotopic (exact) mass is 249 g/mol. The van der Waals surface area contributed by atoms with Gasteiger partial charge < -0.3 is 5.32 Å². The predicted molar refractivity (Wildman–Crippen MR) is 78.7 cm³/mol. The quantitative estimate of drug-likeness (QED) is 0.746. The minimum absolute atomic E-state index is 0.627. The topological polar surface area (TPSA) is 37.8 Å². The molecule has 0 unspecified atom stereocenters. The van der Waals surface area contributed by atoms with Crippen LogP contribution in [0.1, 0.15) is 11.1 Å².